The third-order valence-corrected chi connectivity index (χ3v) is 3.32. The predicted octanol–water partition coefficient (Wildman–Crippen LogP) is 2.51. The van der Waals surface area contributed by atoms with Crippen LogP contribution in [0.25, 0.3) is 0 Å². The van der Waals surface area contributed by atoms with Crippen LogP contribution in [0.3, 0.4) is 0 Å². The molecule has 2 rings (SSSR count). The highest BCUT2D eigenvalue weighted by Gasteiger charge is 2.36. The smallest absolute Gasteiger partial charge is 0.303 e. The molecular weight excluding hydrogens is 239 g/mol. The maximum Gasteiger partial charge on any atom is 0.303 e. The average Bonchev–Trinajstić information content (AvgIpc) is 3.14. The Balaban J connectivity index is 2.35. The van der Waals surface area contributed by atoms with Crippen molar-refractivity contribution in [2.45, 2.75) is 25.2 Å². The molecular formula is C13H15FO4. The largest absolute Gasteiger partial charge is 0.505 e. The Hall–Kier alpha value is -1.78. The lowest BCUT2D eigenvalue weighted by molar-refractivity contribution is -0.137. The minimum absolute atomic E-state index is 0.0406. The van der Waals surface area contributed by atoms with Crippen LogP contribution in [0.5, 0.6) is 11.5 Å². The lowest BCUT2D eigenvalue weighted by Gasteiger charge is -2.17. The van der Waals surface area contributed by atoms with Gasteiger partial charge in [0, 0.05) is 11.5 Å². The van der Waals surface area contributed by atoms with Gasteiger partial charge < -0.3 is 14.9 Å². The summed E-state index contributed by atoms with van der Waals surface area (Å²) in [4.78, 5) is 10.8. The highest BCUT2D eigenvalue weighted by atomic mass is 19.1. The molecule has 0 amide bonds. The highest BCUT2D eigenvalue weighted by Crippen LogP contribution is 2.48. The molecule has 1 atom stereocenters. The first-order valence-corrected chi connectivity index (χ1v) is 5.81. The number of carboxylic acid groups (broad SMARTS) is 1. The molecule has 98 valence electrons. The van der Waals surface area contributed by atoms with E-state index in [9.17, 15) is 14.3 Å². The Bertz CT molecular complexity index is 468. The minimum atomic E-state index is -0.942. The quantitative estimate of drug-likeness (QED) is 0.847. The fraction of sp³-hybridized carbons (Fsp3) is 0.462. The summed E-state index contributed by atoms with van der Waals surface area (Å²) in [5, 5.41) is 18.7. The molecule has 0 bridgehead atoms. The molecule has 0 saturated heterocycles. The van der Waals surface area contributed by atoms with Gasteiger partial charge in [0.2, 0.25) is 5.82 Å². The minimum Gasteiger partial charge on any atom is -0.505 e. The molecule has 1 aromatic carbocycles. The number of carbonyl (C=O) groups is 1. The normalized spacial score (nSPS) is 16.3. The summed E-state index contributed by atoms with van der Waals surface area (Å²) in [6, 6.07) is 2.96. The molecule has 1 fully saturated rings. The first-order chi connectivity index (χ1) is 8.54. The molecule has 18 heavy (non-hydrogen) atoms. The molecule has 0 spiro atoms. The van der Waals surface area contributed by atoms with Crippen LogP contribution in [0.2, 0.25) is 0 Å². The van der Waals surface area contributed by atoms with Gasteiger partial charge in [-0.1, -0.05) is 6.07 Å². The second kappa shape index (κ2) is 4.84. The summed E-state index contributed by atoms with van der Waals surface area (Å²) in [6.45, 7) is 0. The number of ether oxygens (including phenoxy) is 1. The molecule has 0 aromatic heterocycles. The van der Waals surface area contributed by atoms with E-state index < -0.39 is 17.5 Å². The number of benzene rings is 1. The van der Waals surface area contributed by atoms with Crippen molar-refractivity contribution in [1.82, 2.24) is 0 Å². The summed E-state index contributed by atoms with van der Waals surface area (Å²) in [5.41, 5.74) is 0.359. The van der Waals surface area contributed by atoms with Crippen LogP contribution in [0, 0.1) is 11.7 Å². The zero-order valence-corrected chi connectivity index (χ0v) is 10.0. The topological polar surface area (TPSA) is 66.8 Å². The van der Waals surface area contributed by atoms with Crippen LogP contribution in [-0.4, -0.2) is 23.3 Å². The van der Waals surface area contributed by atoms with E-state index in [1.165, 1.54) is 13.2 Å². The lowest BCUT2D eigenvalue weighted by Crippen LogP contribution is -2.09. The van der Waals surface area contributed by atoms with Crippen molar-refractivity contribution in [3.63, 3.8) is 0 Å². The van der Waals surface area contributed by atoms with E-state index in [0.29, 0.717) is 5.56 Å². The number of rotatable bonds is 5. The monoisotopic (exact) mass is 254 g/mol. The van der Waals surface area contributed by atoms with Gasteiger partial charge in [-0.2, -0.15) is 4.39 Å². The standard InChI is InChI=1S/C13H15FO4/c1-18-10-5-4-8(13(17)12(10)14)9(6-11(15)16)7-2-3-7/h4-5,7,9,17H,2-3,6H2,1H3,(H,15,16). The van der Waals surface area contributed by atoms with E-state index in [2.05, 4.69) is 0 Å². The summed E-state index contributed by atoms with van der Waals surface area (Å²) in [5.74, 6) is -2.41. The lowest BCUT2D eigenvalue weighted by atomic mass is 9.90. The van der Waals surface area contributed by atoms with Gasteiger partial charge in [-0.05, 0) is 24.8 Å². The molecule has 0 heterocycles. The second-order valence-corrected chi connectivity index (χ2v) is 4.56. The molecule has 5 heteroatoms. The molecule has 0 radical (unpaired) electrons. The van der Waals surface area contributed by atoms with Gasteiger partial charge in [-0.25, -0.2) is 0 Å². The Labute approximate surface area is 104 Å². The number of aliphatic carboxylic acids is 1. The molecule has 1 aliphatic carbocycles. The van der Waals surface area contributed by atoms with Crippen LogP contribution >= 0.6 is 0 Å². The number of aromatic hydroxyl groups is 1. The molecule has 2 N–H and O–H groups in total. The fourth-order valence-electron chi connectivity index (χ4n) is 2.24. The Morgan fingerprint density at radius 1 is 1.56 bits per heavy atom. The van der Waals surface area contributed by atoms with Crippen LogP contribution in [0.4, 0.5) is 4.39 Å². The third-order valence-electron chi connectivity index (χ3n) is 3.32. The van der Waals surface area contributed by atoms with Gasteiger partial charge in [0.25, 0.3) is 0 Å². The number of phenols is 1. The fourth-order valence-corrected chi connectivity index (χ4v) is 2.24. The van der Waals surface area contributed by atoms with Crippen molar-refractivity contribution in [3.05, 3.63) is 23.5 Å². The Morgan fingerprint density at radius 2 is 2.22 bits per heavy atom. The van der Waals surface area contributed by atoms with Crippen molar-refractivity contribution < 1.29 is 24.1 Å². The summed E-state index contributed by atoms with van der Waals surface area (Å²) in [6.07, 6.45) is 1.75. The Kier molecular flexibility index (Phi) is 3.41. The van der Waals surface area contributed by atoms with E-state index in [1.54, 1.807) is 6.07 Å². The van der Waals surface area contributed by atoms with E-state index >= 15 is 0 Å². The number of hydrogen-bond donors (Lipinski definition) is 2. The van der Waals surface area contributed by atoms with E-state index in [4.69, 9.17) is 9.84 Å². The molecule has 0 aliphatic heterocycles. The van der Waals surface area contributed by atoms with Gasteiger partial charge in [0.15, 0.2) is 11.5 Å². The Morgan fingerprint density at radius 3 is 2.72 bits per heavy atom. The van der Waals surface area contributed by atoms with Crippen molar-refractivity contribution in [2.75, 3.05) is 7.11 Å². The van der Waals surface area contributed by atoms with Crippen molar-refractivity contribution in [3.8, 4) is 11.5 Å². The number of hydrogen-bond acceptors (Lipinski definition) is 3. The number of phenolic OH excluding ortho intramolecular Hbond substituents is 1. The van der Waals surface area contributed by atoms with Crippen molar-refractivity contribution in [1.29, 1.82) is 0 Å². The maximum absolute atomic E-state index is 13.7. The van der Waals surface area contributed by atoms with Crippen LogP contribution in [-0.2, 0) is 4.79 Å². The molecule has 1 unspecified atom stereocenters. The first-order valence-electron chi connectivity index (χ1n) is 5.81. The number of halogens is 1. The molecule has 1 aliphatic rings. The van der Waals surface area contributed by atoms with Gasteiger partial charge >= 0.3 is 5.97 Å². The van der Waals surface area contributed by atoms with E-state index in [0.717, 1.165) is 12.8 Å². The second-order valence-electron chi connectivity index (χ2n) is 4.56. The van der Waals surface area contributed by atoms with Crippen molar-refractivity contribution >= 4 is 5.97 Å². The molecule has 1 aromatic rings. The van der Waals surface area contributed by atoms with Crippen LogP contribution < -0.4 is 4.74 Å². The summed E-state index contributed by atoms with van der Waals surface area (Å²) < 4.78 is 18.5. The summed E-state index contributed by atoms with van der Waals surface area (Å²) in [7, 11) is 1.31. The van der Waals surface area contributed by atoms with Gasteiger partial charge in [0.1, 0.15) is 0 Å². The SMILES string of the molecule is COc1ccc(C(CC(=O)O)C2CC2)c(O)c1F. The van der Waals surface area contributed by atoms with Crippen LogP contribution in [0.15, 0.2) is 12.1 Å². The average molecular weight is 254 g/mol. The first kappa shape index (κ1) is 12.7. The van der Waals surface area contributed by atoms with E-state index in [1.807, 2.05) is 0 Å². The zero-order chi connectivity index (χ0) is 13.3. The zero-order valence-electron chi connectivity index (χ0n) is 10.0. The number of methoxy groups -OCH3 is 1. The maximum atomic E-state index is 13.7. The molecule has 4 nitrogen and oxygen atoms in total. The predicted molar refractivity (Wildman–Crippen MR) is 62.3 cm³/mol. The van der Waals surface area contributed by atoms with Gasteiger partial charge in [0.05, 0.1) is 13.5 Å². The highest BCUT2D eigenvalue weighted by molar-refractivity contribution is 5.68. The third kappa shape index (κ3) is 2.39. The van der Waals surface area contributed by atoms with Crippen molar-refractivity contribution in [2.24, 2.45) is 5.92 Å². The van der Waals surface area contributed by atoms with E-state index in [-0.39, 0.29) is 24.0 Å². The summed E-state index contributed by atoms with van der Waals surface area (Å²) >= 11 is 0. The van der Waals surface area contributed by atoms with Crippen LogP contribution in [0.1, 0.15) is 30.7 Å². The molecule has 1 saturated carbocycles. The number of carboxylic acids is 1. The van der Waals surface area contributed by atoms with Gasteiger partial charge in [-0.3, -0.25) is 4.79 Å². The van der Waals surface area contributed by atoms with Gasteiger partial charge in [-0.15, -0.1) is 0 Å².